The second-order valence-corrected chi connectivity index (χ2v) is 5.22. The van der Waals surface area contributed by atoms with Gasteiger partial charge in [0.05, 0.1) is 18.7 Å². The lowest BCUT2D eigenvalue weighted by Gasteiger charge is -2.20. The molecule has 3 heteroatoms. The number of benzene rings is 2. The van der Waals surface area contributed by atoms with Crippen molar-refractivity contribution < 1.29 is 9.52 Å². The average Bonchev–Trinajstić information content (AvgIpc) is 2.97. The van der Waals surface area contributed by atoms with Crippen molar-refractivity contribution in [3.05, 3.63) is 72.0 Å². The summed E-state index contributed by atoms with van der Waals surface area (Å²) in [7, 11) is 0. The molecule has 0 unspecified atom stereocenters. The van der Waals surface area contributed by atoms with Crippen LogP contribution in [0.15, 0.2) is 65.1 Å². The molecule has 0 saturated carbocycles. The number of aliphatic hydroxyl groups excluding tert-OH is 1. The molecule has 3 nitrogen and oxygen atoms in total. The molecular formula is C18H19NO2. The predicted octanol–water partition coefficient (Wildman–Crippen LogP) is 3.82. The Balaban J connectivity index is 1.79. The number of para-hydroxylation sites is 1. The molecule has 3 aromatic rings. The van der Waals surface area contributed by atoms with Gasteiger partial charge in [-0.15, -0.1) is 0 Å². The molecule has 0 bridgehead atoms. The minimum absolute atomic E-state index is 0.0229. The zero-order valence-electron chi connectivity index (χ0n) is 12.0. The summed E-state index contributed by atoms with van der Waals surface area (Å²) in [6.45, 7) is 2.10. The fourth-order valence-electron chi connectivity index (χ4n) is 2.54. The largest absolute Gasteiger partial charge is 0.459 e. The molecule has 2 aromatic carbocycles. The van der Waals surface area contributed by atoms with Crippen molar-refractivity contribution in [3.8, 4) is 0 Å². The van der Waals surface area contributed by atoms with Crippen LogP contribution in [0.2, 0.25) is 0 Å². The van der Waals surface area contributed by atoms with Crippen molar-refractivity contribution in [2.45, 2.75) is 19.0 Å². The first-order chi connectivity index (χ1) is 10.3. The van der Waals surface area contributed by atoms with Gasteiger partial charge >= 0.3 is 0 Å². The first kappa shape index (κ1) is 13.9. The summed E-state index contributed by atoms with van der Waals surface area (Å²) in [5.41, 5.74) is 1.96. The van der Waals surface area contributed by atoms with Gasteiger partial charge < -0.3 is 9.52 Å². The Kier molecular flexibility index (Phi) is 4.04. The first-order valence-corrected chi connectivity index (χ1v) is 7.18. The summed E-state index contributed by atoms with van der Waals surface area (Å²) in [5.74, 6) is 0.880. The molecule has 3 rings (SSSR count). The number of nitrogens with one attached hydrogen (secondary N) is 1. The van der Waals surface area contributed by atoms with Crippen molar-refractivity contribution in [2.75, 3.05) is 6.61 Å². The zero-order chi connectivity index (χ0) is 14.7. The van der Waals surface area contributed by atoms with Crippen LogP contribution >= 0.6 is 0 Å². The second kappa shape index (κ2) is 6.12. The number of fused-ring (bicyclic) bond motifs is 1. The third-order valence-electron chi connectivity index (χ3n) is 3.71. The van der Waals surface area contributed by atoms with Gasteiger partial charge in [0.2, 0.25) is 0 Å². The minimum Gasteiger partial charge on any atom is -0.459 e. The Morgan fingerprint density at radius 3 is 2.48 bits per heavy atom. The minimum atomic E-state index is -0.102. The predicted molar refractivity (Wildman–Crippen MR) is 84.0 cm³/mol. The highest BCUT2D eigenvalue weighted by atomic mass is 16.3. The van der Waals surface area contributed by atoms with Crippen molar-refractivity contribution >= 4 is 11.0 Å². The molecule has 0 radical (unpaired) electrons. The van der Waals surface area contributed by atoms with E-state index in [1.165, 1.54) is 0 Å². The average molecular weight is 281 g/mol. The molecule has 108 valence electrons. The molecule has 2 atom stereocenters. The topological polar surface area (TPSA) is 45.4 Å². The summed E-state index contributed by atoms with van der Waals surface area (Å²) in [6, 6.07) is 19.9. The Hall–Kier alpha value is -2.10. The lowest BCUT2D eigenvalue weighted by atomic mass is 10.1. The van der Waals surface area contributed by atoms with E-state index in [0.717, 1.165) is 22.3 Å². The number of furan rings is 1. The Labute approximate surface area is 124 Å². The number of hydrogen-bond acceptors (Lipinski definition) is 3. The van der Waals surface area contributed by atoms with E-state index < -0.39 is 0 Å². The van der Waals surface area contributed by atoms with Crippen LogP contribution in [0.1, 0.15) is 30.3 Å². The van der Waals surface area contributed by atoms with Gasteiger partial charge in [0.25, 0.3) is 0 Å². The van der Waals surface area contributed by atoms with E-state index in [4.69, 9.17) is 4.42 Å². The highest BCUT2D eigenvalue weighted by Gasteiger charge is 2.17. The summed E-state index contributed by atoms with van der Waals surface area (Å²) < 4.78 is 5.87. The summed E-state index contributed by atoms with van der Waals surface area (Å²) in [6.07, 6.45) is 0. The van der Waals surface area contributed by atoms with Crippen molar-refractivity contribution in [1.29, 1.82) is 0 Å². The van der Waals surface area contributed by atoms with E-state index in [9.17, 15) is 5.11 Å². The number of hydrogen-bond donors (Lipinski definition) is 2. The zero-order valence-corrected chi connectivity index (χ0v) is 12.0. The fourth-order valence-corrected chi connectivity index (χ4v) is 2.54. The second-order valence-electron chi connectivity index (χ2n) is 5.22. The van der Waals surface area contributed by atoms with E-state index in [1.807, 2.05) is 67.6 Å². The lowest BCUT2D eigenvalue weighted by molar-refractivity contribution is 0.231. The highest BCUT2D eigenvalue weighted by Crippen LogP contribution is 2.25. The summed E-state index contributed by atoms with van der Waals surface area (Å²) >= 11 is 0. The van der Waals surface area contributed by atoms with Gasteiger partial charge in [0, 0.05) is 5.39 Å². The maximum atomic E-state index is 9.62. The monoisotopic (exact) mass is 281 g/mol. The van der Waals surface area contributed by atoms with Crippen molar-refractivity contribution in [3.63, 3.8) is 0 Å². The molecule has 0 spiro atoms. The molecule has 0 aliphatic carbocycles. The van der Waals surface area contributed by atoms with Gasteiger partial charge in [0.15, 0.2) is 0 Å². The summed E-state index contributed by atoms with van der Waals surface area (Å²) in [5, 5.41) is 14.1. The molecule has 0 aliphatic heterocycles. The summed E-state index contributed by atoms with van der Waals surface area (Å²) in [4.78, 5) is 0. The third-order valence-corrected chi connectivity index (χ3v) is 3.71. The SMILES string of the molecule is C[C@H](N[C@H](CO)c1ccccc1)c1cc2ccccc2o1. The van der Waals surface area contributed by atoms with Crippen LogP contribution in [0, 0.1) is 0 Å². The Morgan fingerprint density at radius 1 is 1.05 bits per heavy atom. The number of aliphatic hydroxyl groups is 1. The quantitative estimate of drug-likeness (QED) is 0.747. The Morgan fingerprint density at radius 2 is 1.76 bits per heavy atom. The van der Waals surface area contributed by atoms with E-state index in [2.05, 4.69) is 5.32 Å². The van der Waals surface area contributed by atoms with Gasteiger partial charge in [-0.3, -0.25) is 5.32 Å². The van der Waals surface area contributed by atoms with Gasteiger partial charge in [0.1, 0.15) is 11.3 Å². The van der Waals surface area contributed by atoms with E-state index >= 15 is 0 Å². The normalized spacial score (nSPS) is 14.2. The molecular weight excluding hydrogens is 262 g/mol. The van der Waals surface area contributed by atoms with E-state index in [0.29, 0.717) is 0 Å². The molecule has 0 fully saturated rings. The van der Waals surface area contributed by atoms with Crippen LogP contribution in [0.5, 0.6) is 0 Å². The molecule has 1 heterocycles. The molecule has 21 heavy (non-hydrogen) atoms. The fraction of sp³-hybridized carbons (Fsp3) is 0.222. The smallest absolute Gasteiger partial charge is 0.134 e. The van der Waals surface area contributed by atoms with Gasteiger partial charge in [-0.05, 0) is 24.6 Å². The van der Waals surface area contributed by atoms with Crippen LogP contribution in [0.25, 0.3) is 11.0 Å². The van der Waals surface area contributed by atoms with Crippen LogP contribution in [0.3, 0.4) is 0 Å². The maximum Gasteiger partial charge on any atom is 0.134 e. The van der Waals surface area contributed by atoms with Crippen LogP contribution in [-0.4, -0.2) is 11.7 Å². The van der Waals surface area contributed by atoms with Crippen LogP contribution in [-0.2, 0) is 0 Å². The standard InChI is InChI=1S/C18H19NO2/c1-13(18-11-15-9-5-6-10-17(15)21-18)19-16(12-20)14-7-3-2-4-8-14/h2-11,13,16,19-20H,12H2,1H3/t13-,16+/m0/s1. The maximum absolute atomic E-state index is 9.62. The number of rotatable bonds is 5. The van der Waals surface area contributed by atoms with Gasteiger partial charge in [-0.2, -0.15) is 0 Å². The van der Waals surface area contributed by atoms with Crippen LogP contribution in [0.4, 0.5) is 0 Å². The van der Waals surface area contributed by atoms with E-state index in [-0.39, 0.29) is 18.7 Å². The van der Waals surface area contributed by atoms with Crippen molar-refractivity contribution in [2.24, 2.45) is 0 Å². The van der Waals surface area contributed by atoms with Crippen LogP contribution < -0.4 is 5.32 Å². The molecule has 0 amide bonds. The van der Waals surface area contributed by atoms with E-state index in [1.54, 1.807) is 0 Å². The molecule has 0 aliphatic rings. The lowest BCUT2D eigenvalue weighted by Crippen LogP contribution is -2.27. The first-order valence-electron chi connectivity index (χ1n) is 7.18. The highest BCUT2D eigenvalue weighted by molar-refractivity contribution is 5.77. The Bertz CT molecular complexity index is 672. The molecule has 0 saturated heterocycles. The van der Waals surface area contributed by atoms with Gasteiger partial charge in [-0.25, -0.2) is 0 Å². The molecule has 2 N–H and O–H groups in total. The van der Waals surface area contributed by atoms with Crippen molar-refractivity contribution in [1.82, 2.24) is 5.32 Å². The van der Waals surface area contributed by atoms with Gasteiger partial charge in [-0.1, -0.05) is 48.5 Å². The third kappa shape index (κ3) is 2.99. The molecule has 1 aromatic heterocycles.